The van der Waals surface area contributed by atoms with Crippen molar-refractivity contribution in [3.63, 3.8) is 0 Å². The van der Waals surface area contributed by atoms with Crippen molar-refractivity contribution in [1.82, 2.24) is 4.98 Å². The zero-order chi connectivity index (χ0) is 8.10. The number of rotatable bonds is 2. The van der Waals surface area contributed by atoms with Gasteiger partial charge in [-0.2, -0.15) is 5.10 Å². The van der Waals surface area contributed by atoms with Crippen molar-refractivity contribution in [2.75, 3.05) is 0 Å². The highest BCUT2D eigenvalue weighted by atomic mass is 15.1. The van der Waals surface area contributed by atoms with Crippen molar-refractivity contribution in [2.45, 2.75) is 13.3 Å². The van der Waals surface area contributed by atoms with Crippen LogP contribution in [0.2, 0.25) is 0 Å². The first kappa shape index (κ1) is 7.72. The Balaban J connectivity index is 2.65. The van der Waals surface area contributed by atoms with Crippen molar-refractivity contribution in [2.24, 2.45) is 10.9 Å². The van der Waals surface area contributed by atoms with Gasteiger partial charge in [0.25, 0.3) is 0 Å². The topological polar surface area (TPSA) is 51.3 Å². The van der Waals surface area contributed by atoms with E-state index in [4.69, 9.17) is 5.84 Å². The van der Waals surface area contributed by atoms with E-state index < -0.39 is 0 Å². The summed E-state index contributed by atoms with van der Waals surface area (Å²) in [6.45, 7) is 1.88. The molecule has 58 valence electrons. The molecular formula is C8H11N3. The van der Waals surface area contributed by atoms with E-state index in [1.165, 1.54) is 0 Å². The van der Waals surface area contributed by atoms with Crippen LogP contribution in [0.1, 0.15) is 12.6 Å². The predicted octanol–water partition coefficient (Wildman–Crippen LogP) is 0.959. The number of hydrogen-bond acceptors (Lipinski definition) is 3. The van der Waals surface area contributed by atoms with Crippen LogP contribution in [0.4, 0.5) is 0 Å². The minimum absolute atomic E-state index is 0.733. The molecule has 0 aliphatic rings. The maximum atomic E-state index is 5.08. The molecule has 3 nitrogen and oxygen atoms in total. The molecule has 0 spiro atoms. The van der Waals surface area contributed by atoms with Gasteiger partial charge in [-0.1, -0.05) is 6.07 Å². The van der Waals surface area contributed by atoms with Crippen molar-refractivity contribution in [3.8, 4) is 0 Å². The van der Waals surface area contributed by atoms with E-state index in [0.29, 0.717) is 0 Å². The van der Waals surface area contributed by atoms with Gasteiger partial charge >= 0.3 is 0 Å². The molecule has 0 radical (unpaired) electrons. The number of hydrogen-bond donors (Lipinski definition) is 1. The summed E-state index contributed by atoms with van der Waals surface area (Å²) in [5.41, 5.74) is 1.89. The molecule has 0 amide bonds. The molecule has 11 heavy (non-hydrogen) atoms. The second-order valence-corrected chi connectivity index (χ2v) is 2.36. The third-order valence-corrected chi connectivity index (χ3v) is 1.38. The van der Waals surface area contributed by atoms with Crippen LogP contribution in [-0.4, -0.2) is 10.7 Å². The van der Waals surface area contributed by atoms with Gasteiger partial charge in [0, 0.05) is 24.0 Å². The van der Waals surface area contributed by atoms with E-state index in [-0.39, 0.29) is 0 Å². The van der Waals surface area contributed by atoms with Gasteiger partial charge in [0.2, 0.25) is 0 Å². The molecule has 0 aromatic carbocycles. The number of nitrogens with zero attached hydrogens (tertiary/aromatic N) is 2. The summed E-state index contributed by atoms with van der Waals surface area (Å²) in [6, 6.07) is 5.79. The van der Waals surface area contributed by atoms with Crippen LogP contribution in [0.15, 0.2) is 29.5 Å². The molecule has 0 fully saturated rings. The van der Waals surface area contributed by atoms with E-state index >= 15 is 0 Å². The minimum Gasteiger partial charge on any atom is -0.323 e. The second kappa shape index (κ2) is 3.71. The van der Waals surface area contributed by atoms with Gasteiger partial charge in [-0.25, -0.2) is 0 Å². The number of pyridine rings is 1. The van der Waals surface area contributed by atoms with Crippen LogP contribution in [0.5, 0.6) is 0 Å². The van der Waals surface area contributed by atoms with E-state index in [0.717, 1.165) is 17.8 Å². The average Bonchev–Trinajstić information content (AvgIpc) is 2.06. The van der Waals surface area contributed by atoms with Crippen LogP contribution >= 0.6 is 0 Å². The van der Waals surface area contributed by atoms with Crippen LogP contribution < -0.4 is 5.84 Å². The first-order valence-electron chi connectivity index (χ1n) is 3.46. The molecule has 0 saturated carbocycles. The van der Waals surface area contributed by atoms with E-state index in [9.17, 15) is 0 Å². The van der Waals surface area contributed by atoms with Crippen LogP contribution in [0, 0.1) is 0 Å². The van der Waals surface area contributed by atoms with Gasteiger partial charge in [-0.15, -0.1) is 0 Å². The van der Waals surface area contributed by atoms with Crippen LogP contribution in [0.3, 0.4) is 0 Å². The Hall–Kier alpha value is -1.38. The average molecular weight is 149 g/mol. The summed E-state index contributed by atoms with van der Waals surface area (Å²) >= 11 is 0. The fourth-order valence-corrected chi connectivity index (χ4v) is 0.810. The Labute approximate surface area is 66.0 Å². The summed E-state index contributed by atoms with van der Waals surface area (Å²) in [7, 11) is 0. The monoisotopic (exact) mass is 149 g/mol. The number of nitrogens with two attached hydrogens (primary N) is 1. The number of hydrazone groups is 1. The molecule has 0 aliphatic heterocycles. The lowest BCUT2D eigenvalue weighted by atomic mass is 10.2. The molecule has 0 atom stereocenters. The lowest BCUT2D eigenvalue weighted by molar-refractivity contribution is 1.11. The molecule has 0 bridgehead atoms. The second-order valence-electron chi connectivity index (χ2n) is 2.36. The van der Waals surface area contributed by atoms with E-state index in [1.807, 2.05) is 25.1 Å². The van der Waals surface area contributed by atoms with Crippen molar-refractivity contribution < 1.29 is 0 Å². The predicted molar refractivity (Wildman–Crippen MR) is 45.2 cm³/mol. The normalized spacial score (nSPS) is 11.5. The lowest BCUT2D eigenvalue weighted by Gasteiger charge is -1.96. The molecule has 1 rings (SSSR count). The smallest absolute Gasteiger partial charge is 0.0460 e. The molecular weight excluding hydrogens is 138 g/mol. The minimum atomic E-state index is 0.733. The summed E-state index contributed by atoms with van der Waals surface area (Å²) in [5.74, 6) is 5.08. The molecule has 2 N–H and O–H groups in total. The Kier molecular flexibility index (Phi) is 2.60. The van der Waals surface area contributed by atoms with Crippen LogP contribution in [0.25, 0.3) is 0 Å². The zero-order valence-electron chi connectivity index (χ0n) is 6.49. The van der Waals surface area contributed by atoms with Gasteiger partial charge < -0.3 is 5.84 Å². The highest BCUT2D eigenvalue weighted by Gasteiger charge is 1.94. The summed E-state index contributed by atoms with van der Waals surface area (Å²) in [6.07, 6.45) is 2.50. The van der Waals surface area contributed by atoms with Gasteiger partial charge in [0.15, 0.2) is 0 Å². The third-order valence-electron chi connectivity index (χ3n) is 1.38. The first-order chi connectivity index (χ1) is 5.33. The first-order valence-corrected chi connectivity index (χ1v) is 3.46. The summed E-state index contributed by atoms with van der Waals surface area (Å²) < 4.78 is 0. The SMILES string of the molecule is C/C(Cc1ccccn1)=N/N. The third kappa shape index (κ3) is 2.37. The van der Waals surface area contributed by atoms with Crippen molar-refractivity contribution >= 4 is 5.71 Å². The fraction of sp³-hybridized carbons (Fsp3) is 0.250. The lowest BCUT2D eigenvalue weighted by Crippen LogP contribution is -2.02. The number of aromatic nitrogens is 1. The van der Waals surface area contributed by atoms with Crippen LogP contribution in [-0.2, 0) is 6.42 Å². The quantitative estimate of drug-likeness (QED) is 0.387. The van der Waals surface area contributed by atoms with Gasteiger partial charge in [-0.05, 0) is 19.1 Å². The highest BCUT2D eigenvalue weighted by molar-refractivity contribution is 5.83. The van der Waals surface area contributed by atoms with Gasteiger partial charge in [-0.3, -0.25) is 4.98 Å². The molecule has 0 aliphatic carbocycles. The van der Waals surface area contributed by atoms with Crippen molar-refractivity contribution in [3.05, 3.63) is 30.1 Å². The van der Waals surface area contributed by atoms with Gasteiger partial charge in [0.05, 0.1) is 0 Å². The largest absolute Gasteiger partial charge is 0.323 e. The maximum absolute atomic E-state index is 5.08. The van der Waals surface area contributed by atoms with E-state index in [2.05, 4.69) is 10.1 Å². The summed E-state index contributed by atoms with van der Waals surface area (Å²) in [5, 5.41) is 3.56. The van der Waals surface area contributed by atoms with E-state index in [1.54, 1.807) is 6.20 Å². The zero-order valence-corrected chi connectivity index (χ0v) is 6.49. The standard InChI is InChI=1S/C8H11N3/c1-7(11-9)6-8-4-2-3-5-10-8/h2-5H,6,9H2,1H3/b11-7-. The summed E-state index contributed by atoms with van der Waals surface area (Å²) in [4.78, 5) is 4.13. The fourth-order valence-electron chi connectivity index (χ4n) is 0.810. The Bertz CT molecular complexity index is 241. The molecule has 3 heteroatoms. The van der Waals surface area contributed by atoms with Gasteiger partial charge in [0.1, 0.15) is 0 Å². The van der Waals surface area contributed by atoms with Crippen molar-refractivity contribution in [1.29, 1.82) is 0 Å². The molecule has 1 heterocycles. The Morgan fingerprint density at radius 3 is 3.00 bits per heavy atom. The Morgan fingerprint density at radius 1 is 1.64 bits per heavy atom. The highest BCUT2D eigenvalue weighted by Crippen LogP contribution is 1.95. The molecule has 1 aromatic heterocycles. The maximum Gasteiger partial charge on any atom is 0.0460 e. The molecule has 1 aromatic rings. The molecule has 0 saturated heterocycles. The Morgan fingerprint density at radius 2 is 2.45 bits per heavy atom. The molecule has 0 unspecified atom stereocenters.